The van der Waals surface area contributed by atoms with Gasteiger partial charge in [-0.3, -0.25) is 14.3 Å². The normalized spacial score (nSPS) is 12.1. The third-order valence-corrected chi connectivity index (χ3v) is 6.50. The lowest BCUT2D eigenvalue weighted by molar-refractivity contribution is -0.115. The van der Waals surface area contributed by atoms with Crippen molar-refractivity contribution < 1.29 is 4.79 Å². The monoisotopic (exact) mass is 403 g/mol. The molecular formula is C18H21N5O2S2. The minimum absolute atomic E-state index is 0.207. The number of para-hydroxylation sites is 1. The van der Waals surface area contributed by atoms with Crippen molar-refractivity contribution in [2.24, 2.45) is 7.05 Å². The number of anilines is 1. The molecule has 1 unspecified atom stereocenters. The van der Waals surface area contributed by atoms with Crippen molar-refractivity contribution >= 4 is 34.7 Å². The van der Waals surface area contributed by atoms with Gasteiger partial charge >= 0.3 is 0 Å². The zero-order valence-electron chi connectivity index (χ0n) is 15.6. The summed E-state index contributed by atoms with van der Waals surface area (Å²) >= 11 is 2.83. The molecule has 2 aromatic heterocycles. The van der Waals surface area contributed by atoms with E-state index in [0.717, 1.165) is 15.0 Å². The number of nitrogens with zero attached hydrogens (tertiary/aromatic N) is 4. The zero-order valence-corrected chi connectivity index (χ0v) is 17.2. The second kappa shape index (κ2) is 8.10. The first kappa shape index (κ1) is 19.4. The largest absolute Gasteiger partial charge is 0.319 e. The molecule has 0 spiro atoms. The summed E-state index contributed by atoms with van der Waals surface area (Å²) in [7, 11) is 1.80. The van der Waals surface area contributed by atoms with Crippen LogP contribution in [0.1, 0.15) is 24.0 Å². The average Bonchev–Trinajstić information content (AvgIpc) is 3.16. The van der Waals surface area contributed by atoms with E-state index in [9.17, 15) is 9.59 Å². The van der Waals surface area contributed by atoms with Gasteiger partial charge in [-0.05, 0) is 32.4 Å². The van der Waals surface area contributed by atoms with Gasteiger partial charge in [0, 0.05) is 7.05 Å². The van der Waals surface area contributed by atoms with Crippen LogP contribution >= 0.6 is 23.1 Å². The second-order valence-corrected chi connectivity index (χ2v) is 8.66. The van der Waals surface area contributed by atoms with Crippen molar-refractivity contribution in [3.63, 3.8) is 0 Å². The quantitative estimate of drug-likeness (QED) is 0.640. The maximum absolute atomic E-state index is 12.9. The molecule has 0 saturated heterocycles. The molecule has 9 heteroatoms. The van der Waals surface area contributed by atoms with Gasteiger partial charge in [-0.2, -0.15) is 0 Å². The lowest BCUT2D eigenvalue weighted by Gasteiger charge is -2.12. The van der Waals surface area contributed by atoms with E-state index in [0.29, 0.717) is 17.8 Å². The molecule has 2 heterocycles. The minimum Gasteiger partial charge on any atom is -0.319 e. The van der Waals surface area contributed by atoms with E-state index < -0.39 is 0 Å². The van der Waals surface area contributed by atoms with Crippen LogP contribution in [0.15, 0.2) is 39.5 Å². The number of nitrogens with one attached hydrogen (secondary N) is 1. The Morgan fingerprint density at radius 1 is 1.26 bits per heavy atom. The van der Waals surface area contributed by atoms with E-state index in [2.05, 4.69) is 15.5 Å². The Morgan fingerprint density at radius 2 is 1.96 bits per heavy atom. The minimum atomic E-state index is -0.346. The number of aromatic nitrogens is 4. The van der Waals surface area contributed by atoms with E-state index in [1.165, 1.54) is 23.1 Å². The third-order valence-electron chi connectivity index (χ3n) is 4.22. The summed E-state index contributed by atoms with van der Waals surface area (Å²) in [6.07, 6.45) is 0.619. The van der Waals surface area contributed by atoms with Crippen LogP contribution in [-0.2, 0) is 11.8 Å². The van der Waals surface area contributed by atoms with Gasteiger partial charge in [-0.15, -0.1) is 10.2 Å². The van der Waals surface area contributed by atoms with Crippen LogP contribution in [0.5, 0.6) is 0 Å². The van der Waals surface area contributed by atoms with Crippen LogP contribution in [-0.4, -0.2) is 30.7 Å². The van der Waals surface area contributed by atoms with Crippen molar-refractivity contribution in [3.05, 3.63) is 51.4 Å². The fourth-order valence-electron chi connectivity index (χ4n) is 2.69. The Hall–Kier alpha value is -2.39. The molecule has 1 N–H and O–H groups in total. The van der Waals surface area contributed by atoms with Gasteiger partial charge in [0.2, 0.25) is 5.91 Å². The number of rotatable bonds is 6. The number of carbonyl (C=O) groups is 1. The molecule has 3 rings (SSSR count). The molecule has 7 nitrogen and oxygen atoms in total. The maximum Gasteiger partial charge on any atom is 0.295 e. The summed E-state index contributed by atoms with van der Waals surface area (Å²) in [6, 6.07) is 9.35. The average molecular weight is 404 g/mol. The molecule has 0 bridgehead atoms. The summed E-state index contributed by atoms with van der Waals surface area (Å²) in [6.45, 7) is 5.63. The van der Waals surface area contributed by atoms with E-state index in [1.54, 1.807) is 16.4 Å². The van der Waals surface area contributed by atoms with Crippen LogP contribution in [0.25, 0.3) is 5.69 Å². The molecular weight excluding hydrogens is 382 g/mol. The summed E-state index contributed by atoms with van der Waals surface area (Å²) in [5.74, 6) is -0.207. The Bertz CT molecular complexity index is 1010. The number of aryl methyl sites for hydroxylation is 1. The van der Waals surface area contributed by atoms with Crippen molar-refractivity contribution in [2.45, 2.75) is 36.8 Å². The molecule has 0 aliphatic heterocycles. The fraction of sp³-hybridized carbons (Fsp3) is 0.333. The molecule has 0 fully saturated rings. The van der Waals surface area contributed by atoms with Crippen molar-refractivity contribution in [3.8, 4) is 5.69 Å². The Kier molecular flexibility index (Phi) is 5.81. The molecule has 1 amide bonds. The highest BCUT2D eigenvalue weighted by atomic mass is 32.2. The number of hydrogen-bond acceptors (Lipinski definition) is 6. The number of carbonyl (C=O) groups excluding carboxylic acids is 1. The molecule has 27 heavy (non-hydrogen) atoms. The number of thioether (sulfide) groups is 1. The molecule has 0 saturated carbocycles. The van der Waals surface area contributed by atoms with Crippen LogP contribution in [0.3, 0.4) is 0 Å². The van der Waals surface area contributed by atoms with Crippen molar-refractivity contribution in [2.75, 3.05) is 5.32 Å². The number of hydrogen-bond donors (Lipinski definition) is 1. The third kappa shape index (κ3) is 3.98. The summed E-state index contributed by atoms with van der Waals surface area (Å²) in [5, 5.41) is 11.4. The number of amides is 1. The van der Waals surface area contributed by atoms with E-state index in [1.807, 2.05) is 51.1 Å². The molecule has 0 radical (unpaired) electrons. The van der Waals surface area contributed by atoms with Crippen molar-refractivity contribution in [1.82, 2.24) is 19.6 Å². The SMILES string of the molecule is CCC(Sc1nnc(C)s1)C(=O)Nc1c(C)n(C)n(-c2ccccc2)c1=O. The predicted octanol–water partition coefficient (Wildman–Crippen LogP) is 3.15. The highest BCUT2D eigenvalue weighted by molar-refractivity contribution is 8.02. The molecule has 3 aromatic rings. The lowest BCUT2D eigenvalue weighted by Crippen LogP contribution is -2.28. The first-order chi connectivity index (χ1) is 12.9. The van der Waals surface area contributed by atoms with E-state index >= 15 is 0 Å². The first-order valence-electron chi connectivity index (χ1n) is 8.54. The van der Waals surface area contributed by atoms with E-state index in [4.69, 9.17) is 0 Å². The maximum atomic E-state index is 12.9. The topological polar surface area (TPSA) is 81.8 Å². The number of benzene rings is 1. The molecule has 1 atom stereocenters. The molecule has 0 aliphatic carbocycles. The van der Waals surface area contributed by atoms with Gasteiger partial charge in [0.15, 0.2) is 4.34 Å². The van der Waals surface area contributed by atoms with Gasteiger partial charge in [0.05, 0.1) is 16.6 Å². The smallest absolute Gasteiger partial charge is 0.295 e. The first-order valence-corrected chi connectivity index (χ1v) is 10.2. The van der Waals surface area contributed by atoms with Crippen LogP contribution in [0, 0.1) is 13.8 Å². The molecule has 1 aromatic carbocycles. The molecule has 0 aliphatic rings. The van der Waals surface area contributed by atoms with Gasteiger partial charge in [0.25, 0.3) is 5.56 Å². The highest BCUT2D eigenvalue weighted by Crippen LogP contribution is 2.29. The fourth-order valence-corrected chi connectivity index (χ4v) is 4.67. The van der Waals surface area contributed by atoms with Gasteiger partial charge < -0.3 is 5.32 Å². The van der Waals surface area contributed by atoms with E-state index in [-0.39, 0.29) is 16.7 Å². The van der Waals surface area contributed by atoms with Gasteiger partial charge in [-0.1, -0.05) is 48.2 Å². The Labute approximate surface area is 165 Å². The zero-order chi connectivity index (χ0) is 19.6. The van der Waals surface area contributed by atoms with Crippen molar-refractivity contribution in [1.29, 1.82) is 0 Å². The standard InChI is InChI=1S/C18H21N5O2S2/c1-5-14(27-18-21-20-12(3)26-18)16(24)19-15-11(2)22(4)23(17(15)25)13-9-7-6-8-10-13/h6-10,14H,5H2,1-4H3,(H,19,24). The predicted molar refractivity (Wildman–Crippen MR) is 109 cm³/mol. The summed E-state index contributed by atoms with van der Waals surface area (Å²) in [4.78, 5) is 25.7. The Balaban J connectivity index is 1.86. The lowest BCUT2D eigenvalue weighted by atomic mass is 10.3. The summed E-state index contributed by atoms with van der Waals surface area (Å²) < 4.78 is 4.05. The Morgan fingerprint density at radius 3 is 2.56 bits per heavy atom. The summed E-state index contributed by atoms with van der Waals surface area (Å²) in [5.41, 5.74) is 1.50. The van der Waals surface area contributed by atoms with Crippen LogP contribution < -0.4 is 10.9 Å². The van der Waals surface area contributed by atoms with Crippen LogP contribution in [0.2, 0.25) is 0 Å². The van der Waals surface area contributed by atoms with Gasteiger partial charge in [0.1, 0.15) is 10.7 Å². The molecule has 142 valence electrons. The van der Waals surface area contributed by atoms with Crippen LogP contribution in [0.4, 0.5) is 5.69 Å². The highest BCUT2D eigenvalue weighted by Gasteiger charge is 2.24. The second-order valence-electron chi connectivity index (χ2n) is 6.03. The van der Waals surface area contributed by atoms with Gasteiger partial charge in [-0.25, -0.2) is 4.68 Å².